The molecule has 1 aliphatic heterocycles. The lowest BCUT2D eigenvalue weighted by Gasteiger charge is -2.17. The summed E-state index contributed by atoms with van der Waals surface area (Å²) < 4.78 is 26.9. The Morgan fingerprint density at radius 1 is 1.32 bits per heavy atom. The van der Waals surface area contributed by atoms with Crippen LogP contribution in [0.1, 0.15) is 29.7 Å². The minimum Gasteiger partial charge on any atom is -0.325 e. The van der Waals surface area contributed by atoms with E-state index in [1.807, 2.05) is 18.1 Å². The van der Waals surface area contributed by atoms with Crippen molar-refractivity contribution in [3.05, 3.63) is 40.3 Å². The molecule has 28 heavy (non-hydrogen) atoms. The number of aryl methyl sites for hydroxylation is 1. The summed E-state index contributed by atoms with van der Waals surface area (Å²) in [4.78, 5) is 19.9. The van der Waals surface area contributed by atoms with Crippen LogP contribution in [0.2, 0.25) is 0 Å². The van der Waals surface area contributed by atoms with Crippen molar-refractivity contribution in [1.82, 2.24) is 14.2 Å². The fourth-order valence-electron chi connectivity index (χ4n) is 3.16. The first-order chi connectivity index (χ1) is 13.4. The summed E-state index contributed by atoms with van der Waals surface area (Å²) in [5.41, 5.74) is 0.490. The first-order valence-electron chi connectivity index (χ1n) is 9.40. The van der Waals surface area contributed by atoms with E-state index in [1.54, 1.807) is 29.5 Å². The number of sulfonamides is 1. The number of aromatic nitrogens is 1. The lowest BCUT2D eigenvalue weighted by atomic mass is 10.3. The molecular formula is C19H26N4O3S2. The van der Waals surface area contributed by atoms with Crippen LogP contribution in [0.3, 0.4) is 0 Å². The summed E-state index contributed by atoms with van der Waals surface area (Å²) in [6.07, 6.45) is 4.54. The predicted molar refractivity (Wildman–Crippen MR) is 111 cm³/mol. The molecule has 0 aliphatic carbocycles. The van der Waals surface area contributed by atoms with E-state index >= 15 is 0 Å². The molecule has 0 unspecified atom stereocenters. The van der Waals surface area contributed by atoms with E-state index in [1.165, 1.54) is 10.4 Å². The van der Waals surface area contributed by atoms with E-state index in [0.29, 0.717) is 25.3 Å². The van der Waals surface area contributed by atoms with E-state index in [2.05, 4.69) is 17.2 Å². The van der Waals surface area contributed by atoms with Gasteiger partial charge >= 0.3 is 0 Å². The van der Waals surface area contributed by atoms with Crippen molar-refractivity contribution in [2.45, 2.75) is 37.6 Å². The van der Waals surface area contributed by atoms with Crippen LogP contribution in [0.15, 0.2) is 35.4 Å². The number of rotatable bonds is 8. The Labute approximate surface area is 170 Å². The highest BCUT2D eigenvalue weighted by atomic mass is 32.2. The predicted octanol–water partition coefficient (Wildman–Crippen LogP) is 2.56. The van der Waals surface area contributed by atoms with Crippen LogP contribution < -0.4 is 5.32 Å². The lowest BCUT2D eigenvalue weighted by molar-refractivity contribution is -0.117. The molecule has 1 aromatic heterocycles. The Balaban J connectivity index is 1.59. The smallest absolute Gasteiger partial charge is 0.243 e. The number of hydrogen-bond donors (Lipinski definition) is 1. The molecule has 2 aromatic rings. The maximum Gasteiger partial charge on any atom is 0.243 e. The van der Waals surface area contributed by atoms with Crippen molar-refractivity contribution in [2.75, 3.05) is 32.0 Å². The molecule has 2 heterocycles. The molecular weight excluding hydrogens is 396 g/mol. The van der Waals surface area contributed by atoms with Crippen LogP contribution >= 0.6 is 11.3 Å². The number of nitrogens with zero attached hydrogens (tertiary/aromatic N) is 3. The Hall–Kier alpha value is -1.81. The number of thiazole rings is 1. The van der Waals surface area contributed by atoms with Gasteiger partial charge in [0.25, 0.3) is 0 Å². The average molecular weight is 423 g/mol. The molecule has 1 fully saturated rings. The lowest BCUT2D eigenvalue weighted by Crippen LogP contribution is -2.30. The molecule has 1 aliphatic rings. The van der Waals surface area contributed by atoms with Gasteiger partial charge in [0, 0.05) is 36.4 Å². The third-order valence-corrected chi connectivity index (χ3v) is 7.58. The van der Waals surface area contributed by atoms with Crippen LogP contribution in [-0.2, 0) is 27.8 Å². The summed E-state index contributed by atoms with van der Waals surface area (Å²) in [5, 5.41) is 3.89. The van der Waals surface area contributed by atoms with Crippen LogP contribution in [0.4, 0.5) is 5.69 Å². The zero-order chi connectivity index (χ0) is 20.1. The maximum absolute atomic E-state index is 12.7. The van der Waals surface area contributed by atoms with Gasteiger partial charge in [0.05, 0.1) is 16.4 Å². The van der Waals surface area contributed by atoms with Crippen molar-refractivity contribution < 1.29 is 13.2 Å². The first-order valence-corrected chi connectivity index (χ1v) is 11.7. The van der Waals surface area contributed by atoms with Gasteiger partial charge in [-0.25, -0.2) is 13.4 Å². The second kappa shape index (κ2) is 9.13. The van der Waals surface area contributed by atoms with Crippen LogP contribution in [0.25, 0.3) is 0 Å². The monoisotopic (exact) mass is 422 g/mol. The van der Waals surface area contributed by atoms with E-state index < -0.39 is 10.0 Å². The molecule has 0 radical (unpaired) electrons. The largest absolute Gasteiger partial charge is 0.325 e. The molecule has 0 saturated carbocycles. The Morgan fingerprint density at radius 2 is 2.07 bits per heavy atom. The number of benzene rings is 1. The molecule has 0 spiro atoms. The van der Waals surface area contributed by atoms with Gasteiger partial charge in [-0.1, -0.05) is 13.0 Å². The third kappa shape index (κ3) is 5.16. The number of nitrogens with one attached hydrogen (secondary N) is 1. The number of amides is 1. The van der Waals surface area contributed by atoms with E-state index in [4.69, 9.17) is 0 Å². The minimum atomic E-state index is -3.49. The summed E-state index contributed by atoms with van der Waals surface area (Å²) in [6.45, 7) is 4.04. The van der Waals surface area contributed by atoms with Gasteiger partial charge in [-0.3, -0.25) is 9.69 Å². The number of hydrogen-bond acceptors (Lipinski definition) is 6. The number of carbonyl (C=O) groups is 1. The zero-order valence-corrected chi connectivity index (χ0v) is 17.9. The van der Waals surface area contributed by atoms with Crippen LogP contribution in [-0.4, -0.2) is 55.2 Å². The van der Waals surface area contributed by atoms with Crippen molar-refractivity contribution in [2.24, 2.45) is 0 Å². The Bertz CT molecular complexity index is 921. The molecule has 0 bridgehead atoms. The number of anilines is 1. The fourth-order valence-corrected chi connectivity index (χ4v) is 5.67. The molecule has 1 aromatic carbocycles. The van der Waals surface area contributed by atoms with Crippen molar-refractivity contribution in [1.29, 1.82) is 0 Å². The van der Waals surface area contributed by atoms with Gasteiger partial charge in [-0.15, -0.1) is 11.3 Å². The molecule has 1 saturated heterocycles. The summed E-state index contributed by atoms with van der Waals surface area (Å²) in [7, 11) is -1.62. The van der Waals surface area contributed by atoms with E-state index in [0.717, 1.165) is 29.1 Å². The highest BCUT2D eigenvalue weighted by molar-refractivity contribution is 7.89. The van der Waals surface area contributed by atoms with E-state index in [-0.39, 0.29) is 17.3 Å². The van der Waals surface area contributed by atoms with Crippen LogP contribution in [0.5, 0.6) is 0 Å². The molecule has 7 nitrogen and oxygen atoms in total. The Morgan fingerprint density at radius 3 is 2.75 bits per heavy atom. The minimum absolute atomic E-state index is 0.182. The van der Waals surface area contributed by atoms with E-state index in [9.17, 15) is 13.2 Å². The average Bonchev–Trinajstić information content (AvgIpc) is 3.33. The first kappa shape index (κ1) is 20.9. The second-order valence-corrected chi connectivity index (χ2v) is 10.1. The van der Waals surface area contributed by atoms with Crippen molar-refractivity contribution in [3.63, 3.8) is 0 Å². The third-order valence-electron chi connectivity index (χ3n) is 4.56. The number of likely N-dealkylation sites (N-methyl/N-ethyl adjacent to an activating group) is 1. The summed E-state index contributed by atoms with van der Waals surface area (Å²) in [5.74, 6) is -0.182. The Kier molecular flexibility index (Phi) is 6.82. The zero-order valence-electron chi connectivity index (χ0n) is 16.2. The summed E-state index contributed by atoms with van der Waals surface area (Å²) in [6, 6.07) is 6.47. The van der Waals surface area contributed by atoms with Gasteiger partial charge in [-0.2, -0.15) is 4.31 Å². The molecule has 9 heteroatoms. The fraction of sp³-hybridized carbons (Fsp3) is 0.474. The van der Waals surface area contributed by atoms with Gasteiger partial charge in [0.1, 0.15) is 0 Å². The highest BCUT2D eigenvalue weighted by Crippen LogP contribution is 2.23. The van der Waals surface area contributed by atoms with Crippen LogP contribution in [0, 0.1) is 0 Å². The molecule has 0 atom stereocenters. The number of carbonyl (C=O) groups excluding carboxylic acids is 1. The second-order valence-electron chi connectivity index (χ2n) is 6.93. The normalized spacial score (nSPS) is 15.2. The molecule has 1 N–H and O–H groups in total. The van der Waals surface area contributed by atoms with Gasteiger partial charge in [0.2, 0.25) is 15.9 Å². The van der Waals surface area contributed by atoms with Crippen molar-refractivity contribution in [3.8, 4) is 0 Å². The maximum atomic E-state index is 12.7. The van der Waals surface area contributed by atoms with Gasteiger partial charge in [0.15, 0.2) is 0 Å². The summed E-state index contributed by atoms with van der Waals surface area (Å²) >= 11 is 1.65. The van der Waals surface area contributed by atoms with Gasteiger partial charge in [-0.05, 0) is 44.5 Å². The quantitative estimate of drug-likeness (QED) is 0.707. The topological polar surface area (TPSA) is 82.6 Å². The molecule has 3 rings (SSSR count). The highest BCUT2D eigenvalue weighted by Gasteiger charge is 2.27. The van der Waals surface area contributed by atoms with Gasteiger partial charge < -0.3 is 5.32 Å². The molecule has 1 amide bonds. The molecule has 152 valence electrons. The van der Waals surface area contributed by atoms with Crippen molar-refractivity contribution >= 4 is 33.0 Å². The standard InChI is InChI=1S/C19H26N4O3S2/c1-3-19-20-12-16(27-19)13-22(2)14-18(24)21-15-7-6-8-17(11-15)28(25,26)23-9-4-5-10-23/h6-8,11-12H,3-5,9-10,13-14H2,1-2H3,(H,21,24). The SMILES string of the molecule is CCc1ncc(CN(C)CC(=O)Nc2cccc(S(=O)(=O)N3CCCC3)c2)s1.